The Labute approximate surface area is 142 Å². The van der Waals surface area contributed by atoms with Crippen molar-refractivity contribution in [3.63, 3.8) is 0 Å². The fourth-order valence-corrected chi connectivity index (χ4v) is 3.25. The van der Waals surface area contributed by atoms with Gasteiger partial charge in [0.2, 0.25) is 0 Å². The van der Waals surface area contributed by atoms with Crippen molar-refractivity contribution in [1.82, 2.24) is 9.55 Å². The summed E-state index contributed by atoms with van der Waals surface area (Å²) < 4.78 is 1.64. The normalized spacial score (nSPS) is 11.1. The van der Waals surface area contributed by atoms with Gasteiger partial charge in [-0.15, -0.1) is 0 Å². The molecule has 6 heteroatoms. The van der Waals surface area contributed by atoms with Crippen LogP contribution in [0.2, 0.25) is 15.2 Å². The number of pyridine rings is 2. The molecule has 0 unspecified atom stereocenters. The minimum Gasteiger partial charge on any atom is -0.308 e. The number of halogens is 3. The van der Waals surface area contributed by atoms with E-state index in [1.807, 2.05) is 6.92 Å². The highest BCUT2D eigenvalue weighted by Crippen LogP contribution is 2.34. The lowest BCUT2D eigenvalue weighted by Crippen LogP contribution is -2.21. The van der Waals surface area contributed by atoms with Crippen molar-refractivity contribution in [3.05, 3.63) is 62.1 Å². The Bertz CT molecular complexity index is 914. The van der Waals surface area contributed by atoms with Crippen LogP contribution < -0.4 is 5.56 Å². The quantitative estimate of drug-likeness (QED) is 0.605. The number of hydrogen-bond donors (Lipinski definition) is 0. The summed E-state index contributed by atoms with van der Waals surface area (Å²) in [4.78, 5) is 16.9. The fourth-order valence-electron chi connectivity index (χ4n) is 2.50. The number of fused-ring (bicyclic) bond motifs is 1. The first-order valence-corrected chi connectivity index (χ1v) is 7.79. The van der Waals surface area contributed by atoms with Gasteiger partial charge >= 0.3 is 0 Å². The molecule has 0 aliphatic rings. The van der Waals surface area contributed by atoms with Crippen molar-refractivity contribution in [2.24, 2.45) is 0 Å². The van der Waals surface area contributed by atoms with Crippen LogP contribution in [0.5, 0.6) is 0 Å². The maximum Gasteiger partial charge on any atom is 0.259 e. The number of aryl methyl sites for hydroxylation is 1. The number of benzene rings is 1. The molecule has 0 fully saturated rings. The maximum atomic E-state index is 12.8. The van der Waals surface area contributed by atoms with Crippen LogP contribution in [0.15, 0.2) is 41.3 Å². The average molecular weight is 354 g/mol. The summed E-state index contributed by atoms with van der Waals surface area (Å²) >= 11 is 18.4. The van der Waals surface area contributed by atoms with Crippen LogP contribution in [0.3, 0.4) is 0 Å². The van der Waals surface area contributed by atoms with Gasteiger partial charge in [-0.3, -0.25) is 4.79 Å². The number of aromatic nitrogens is 2. The van der Waals surface area contributed by atoms with Gasteiger partial charge in [-0.2, -0.15) is 0 Å². The van der Waals surface area contributed by atoms with E-state index in [2.05, 4.69) is 4.98 Å². The molecular weight excluding hydrogens is 343 g/mol. The van der Waals surface area contributed by atoms with Gasteiger partial charge in [0, 0.05) is 23.7 Å². The lowest BCUT2D eigenvalue weighted by atomic mass is 10.1. The largest absolute Gasteiger partial charge is 0.308 e. The molecule has 22 heavy (non-hydrogen) atoms. The Morgan fingerprint density at radius 3 is 2.45 bits per heavy atom. The molecule has 3 rings (SSSR count). The molecule has 0 radical (unpaired) electrons. The summed E-state index contributed by atoms with van der Waals surface area (Å²) in [6.07, 6.45) is 1.64. The second kappa shape index (κ2) is 5.92. The van der Waals surface area contributed by atoms with Crippen LogP contribution in [-0.2, 0) is 6.54 Å². The summed E-state index contributed by atoms with van der Waals surface area (Å²) in [6, 6.07) is 8.60. The molecule has 3 nitrogen and oxygen atoms in total. The standard InChI is InChI=1S/C16H11Cl3N2O/c1-2-21-13-7-14(19)20-8-9(13)6-10(16(21)22)15-11(17)4-3-5-12(15)18/h3-8H,2H2,1H3. The van der Waals surface area contributed by atoms with Crippen LogP contribution in [0.4, 0.5) is 0 Å². The Morgan fingerprint density at radius 1 is 1.14 bits per heavy atom. The molecule has 0 bridgehead atoms. The lowest BCUT2D eigenvalue weighted by molar-refractivity contribution is 0.761. The van der Waals surface area contributed by atoms with Crippen LogP contribution in [0.1, 0.15) is 6.92 Å². The van der Waals surface area contributed by atoms with Crippen LogP contribution in [0.25, 0.3) is 22.0 Å². The summed E-state index contributed by atoms with van der Waals surface area (Å²) in [5.41, 5.74) is 1.57. The van der Waals surface area contributed by atoms with Crippen LogP contribution in [-0.4, -0.2) is 9.55 Å². The molecule has 0 spiro atoms. The zero-order chi connectivity index (χ0) is 15.9. The van der Waals surface area contributed by atoms with E-state index in [9.17, 15) is 4.79 Å². The van der Waals surface area contributed by atoms with Gasteiger partial charge in [-0.05, 0) is 31.2 Å². The topological polar surface area (TPSA) is 34.9 Å². The number of rotatable bonds is 2. The van der Waals surface area contributed by atoms with E-state index < -0.39 is 0 Å². The SMILES string of the molecule is CCn1c(=O)c(-c2c(Cl)cccc2Cl)cc2cnc(Cl)cc21. The molecule has 2 heterocycles. The lowest BCUT2D eigenvalue weighted by Gasteiger charge is -2.13. The van der Waals surface area contributed by atoms with E-state index in [0.29, 0.717) is 32.9 Å². The summed E-state index contributed by atoms with van der Waals surface area (Å²) in [6.45, 7) is 2.40. The van der Waals surface area contributed by atoms with Gasteiger partial charge in [-0.25, -0.2) is 4.98 Å². The molecule has 1 aromatic carbocycles. The minimum atomic E-state index is -0.160. The molecule has 0 saturated carbocycles. The first-order chi connectivity index (χ1) is 10.5. The number of nitrogens with zero attached hydrogens (tertiary/aromatic N) is 2. The predicted octanol–water partition coefficient (Wildman–Crippen LogP) is 5.04. The van der Waals surface area contributed by atoms with Gasteiger partial charge in [0.15, 0.2) is 0 Å². The highest BCUT2D eigenvalue weighted by molar-refractivity contribution is 6.39. The highest BCUT2D eigenvalue weighted by atomic mass is 35.5. The molecule has 0 atom stereocenters. The van der Waals surface area contributed by atoms with Gasteiger partial charge < -0.3 is 4.57 Å². The smallest absolute Gasteiger partial charge is 0.259 e. The van der Waals surface area contributed by atoms with Crippen LogP contribution in [0, 0.1) is 0 Å². The van der Waals surface area contributed by atoms with E-state index in [-0.39, 0.29) is 5.56 Å². The van der Waals surface area contributed by atoms with Crippen molar-refractivity contribution in [2.45, 2.75) is 13.5 Å². The van der Waals surface area contributed by atoms with Crippen molar-refractivity contribution >= 4 is 45.7 Å². The Hall–Kier alpha value is -1.55. The van der Waals surface area contributed by atoms with Crippen molar-refractivity contribution in [1.29, 1.82) is 0 Å². The Balaban J connectivity index is 2.44. The molecule has 0 saturated heterocycles. The van der Waals surface area contributed by atoms with Crippen LogP contribution >= 0.6 is 34.8 Å². The van der Waals surface area contributed by atoms with E-state index >= 15 is 0 Å². The van der Waals surface area contributed by atoms with E-state index in [4.69, 9.17) is 34.8 Å². The van der Waals surface area contributed by atoms with Gasteiger partial charge in [0.05, 0.1) is 21.1 Å². The first kappa shape index (κ1) is 15.3. The van der Waals surface area contributed by atoms with Crippen molar-refractivity contribution in [3.8, 4) is 11.1 Å². The summed E-state index contributed by atoms with van der Waals surface area (Å²) in [7, 11) is 0. The van der Waals surface area contributed by atoms with Crippen molar-refractivity contribution in [2.75, 3.05) is 0 Å². The molecule has 3 aromatic rings. The highest BCUT2D eigenvalue weighted by Gasteiger charge is 2.16. The summed E-state index contributed by atoms with van der Waals surface area (Å²) in [5, 5.41) is 2.02. The monoisotopic (exact) mass is 352 g/mol. The Kier molecular flexibility index (Phi) is 4.13. The molecule has 0 amide bonds. The summed E-state index contributed by atoms with van der Waals surface area (Å²) in [5.74, 6) is 0. The average Bonchev–Trinajstić information content (AvgIpc) is 2.48. The van der Waals surface area contributed by atoms with Gasteiger partial charge in [0.1, 0.15) is 5.15 Å². The molecule has 0 aliphatic heterocycles. The van der Waals surface area contributed by atoms with E-state index in [1.165, 1.54) is 0 Å². The van der Waals surface area contributed by atoms with Gasteiger partial charge in [0.25, 0.3) is 5.56 Å². The molecule has 2 aromatic heterocycles. The number of hydrogen-bond acceptors (Lipinski definition) is 2. The zero-order valence-electron chi connectivity index (χ0n) is 11.6. The van der Waals surface area contributed by atoms with Gasteiger partial charge in [-0.1, -0.05) is 40.9 Å². The molecule has 0 N–H and O–H groups in total. The molecule has 0 aliphatic carbocycles. The third-order valence-electron chi connectivity index (χ3n) is 3.49. The maximum absolute atomic E-state index is 12.8. The Morgan fingerprint density at radius 2 is 1.82 bits per heavy atom. The van der Waals surface area contributed by atoms with E-state index in [0.717, 1.165) is 10.9 Å². The zero-order valence-corrected chi connectivity index (χ0v) is 13.9. The second-order valence-corrected chi connectivity index (χ2v) is 5.97. The van der Waals surface area contributed by atoms with Crippen molar-refractivity contribution < 1.29 is 0 Å². The molecule has 112 valence electrons. The third-order valence-corrected chi connectivity index (χ3v) is 4.33. The first-order valence-electron chi connectivity index (χ1n) is 6.66. The minimum absolute atomic E-state index is 0.160. The third kappa shape index (κ3) is 2.50. The second-order valence-electron chi connectivity index (χ2n) is 4.77. The fraction of sp³-hybridized carbons (Fsp3) is 0.125. The van der Waals surface area contributed by atoms with E-state index in [1.54, 1.807) is 41.1 Å². The molecular formula is C16H11Cl3N2O. The predicted molar refractivity (Wildman–Crippen MR) is 92.1 cm³/mol.